The van der Waals surface area contributed by atoms with E-state index in [4.69, 9.17) is 4.74 Å². The van der Waals surface area contributed by atoms with E-state index in [-0.39, 0.29) is 11.4 Å². The van der Waals surface area contributed by atoms with Crippen LogP contribution in [0, 0.1) is 5.92 Å². The molecule has 5 heteroatoms. The third-order valence-electron chi connectivity index (χ3n) is 4.40. The molecule has 2 N–H and O–H groups in total. The number of carbonyl (C=O) groups excluding carboxylic acids is 1. The van der Waals surface area contributed by atoms with Crippen LogP contribution in [-0.2, 0) is 9.53 Å². The summed E-state index contributed by atoms with van der Waals surface area (Å²) in [5, 5.41) is 6.16. The minimum atomic E-state index is 0.0700. The van der Waals surface area contributed by atoms with Gasteiger partial charge in [-0.1, -0.05) is 19.8 Å². The summed E-state index contributed by atoms with van der Waals surface area (Å²) in [6, 6.07) is 0. The highest BCUT2D eigenvalue weighted by Crippen LogP contribution is 2.35. The summed E-state index contributed by atoms with van der Waals surface area (Å²) in [7, 11) is 5.91. The number of amides is 1. The Bertz CT molecular complexity index is 297. The fraction of sp³-hybridized carbons (Fsp3) is 0.933. The molecule has 1 aliphatic carbocycles. The molecule has 1 saturated carbocycles. The Morgan fingerprint density at radius 2 is 2.20 bits per heavy atom. The molecule has 1 aliphatic rings. The fourth-order valence-electron chi connectivity index (χ4n) is 3.06. The molecule has 20 heavy (non-hydrogen) atoms. The van der Waals surface area contributed by atoms with Crippen molar-refractivity contribution in [2.75, 3.05) is 47.4 Å². The van der Waals surface area contributed by atoms with Crippen molar-refractivity contribution in [3.8, 4) is 0 Å². The van der Waals surface area contributed by atoms with Crippen LogP contribution < -0.4 is 10.6 Å². The number of nitrogens with one attached hydrogen (secondary N) is 2. The smallest absolute Gasteiger partial charge is 0.234 e. The van der Waals surface area contributed by atoms with Gasteiger partial charge in [-0.2, -0.15) is 0 Å². The fourth-order valence-corrected chi connectivity index (χ4v) is 3.06. The molecule has 0 radical (unpaired) electrons. The predicted molar refractivity (Wildman–Crippen MR) is 81.8 cm³/mol. The minimum Gasteiger partial charge on any atom is -0.383 e. The molecule has 1 rings (SSSR count). The summed E-state index contributed by atoms with van der Waals surface area (Å²) < 4.78 is 4.94. The second-order valence-electron chi connectivity index (χ2n) is 6.27. The molecule has 0 spiro atoms. The van der Waals surface area contributed by atoms with Gasteiger partial charge in [0.05, 0.1) is 13.2 Å². The van der Waals surface area contributed by atoms with E-state index >= 15 is 0 Å². The van der Waals surface area contributed by atoms with Gasteiger partial charge in [0.15, 0.2) is 0 Å². The molecule has 0 aromatic rings. The Labute approximate surface area is 123 Å². The quantitative estimate of drug-likeness (QED) is 0.649. The van der Waals surface area contributed by atoms with Crippen LogP contribution >= 0.6 is 0 Å². The Kier molecular flexibility index (Phi) is 7.48. The van der Waals surface area contributed by atoms with Crippen LogP contribution in [0.4, 0.5) is 0 Å². The molecule has 0 aromatic carbocycles. The SMILES string of the molecule is COCCNCC(=O)NCC1(N(C)C)CCCC(C)C1. The topological polar surface area (TPSA) is 53.6 Å². The number of hydrogen-bond acceptors (Lipinski definition) is 4. The summed E-state index contributed by atoms with van der Waals surface area (Å²) >= 11 is 0. The lowest BCUT2D eigenvalue weighted by Crippen LogP contribution is -2.55. The standard InChI is InChI=1S/C15H31N3O2/c1-13-6-5-7-15(10-13,18(2)3)12-17-14(19)11-16-8-9-20-4/h13,16H,5-12H2,1-4H3,(H,17,19). The van der Waals surface area contributed by atoms with Crippen molar-refractivity contribution in [2.24, 2.45) is 5.92 Å². The molecular weight excluding hydrogens is 254 g/mol. The molecule has 2 atom stereocenters. The van der Waals surface area contributed by atoms with E-state index in [9.17, 15) is 4.79 Å². The van der Waals surface area contributed by atoms with Crippen LogP contribution in [0.3, 0.4) is 0 Å². The van der Waals surface area contributed by atoms with Gasteiger partial charge >= 0.3 is 0 Å². The van der Waals surface area contributed by atoms with Gasteiger partial charge in [0.1, 0.15) is 0 Å². The molecule has 0 saturated heterocycles. The van der Waals surface area contributed by atoms with Crippen LogP contribution in [0.2, 0.25) is 0 Å². The number of rotatable bonds is 8. The molecule has 118 valence electrons. The lowest BCUT2D eigenvalue weighted by Gasteiger charge is -2.45. The minimum absolute atomic E-state index is 0.0700. The molecule has 1 fully saturated rings. The number of methoxy groups -OCH3 is 1. The molecule has 5 nitrogen and oxygen atoms in total. The number of nitrogens with zero attached hydrogens (tertiary/aromatic N) is 1. The van der Waals surface area contributed by atoms with Crippen molar-refractivity contribution in [2.45, 2.75) is 38.1 Å². The molecule has 0 aliphatic heterocycles. The first-order valence-corrected chi connectivity index (χ1v) is 7.64. The van der Waals surface area contributed by atoms with Crippen molar-refractivity contribution >= 4 is 5.91 Å². The number of carbonyl (C=O) groups is 1. The van der Waals surface area contributed by atoms with E-state index < -0.39 is 0 Å². The first kappa shape index (κ1) is 17.4. The van der Waals surface area contributed by atoms with Crippen LogP contribution in [0.5, 0.6) is 0 Å². The molecule has 0 bridgehead atoms. The number of hydrogen-bond donors (Lipinski definition) is 2. The third-order valence-corrected chi connectivity index (χ3v) is 4.40. The van der Waals surface area contributed by atoms with Gasteiger partial charge in [0.2, 0.25) is 5.91 Å². The lowest BCUT2D eigenvalue weighted by atomic mass is 9.75. The molecule has 2 unspecified atom stereocenters. The van der Waals surface area contributed by atoms with Crippen molar-refractivity contribution in [1.82, 2.24) is 15.5 Å². The molecule has 0 aromatic heterocycles. The second-order valence-corrected chi connectivity index (χ2v) is 6.27. The largest absolute Gasteiger partial charge is 0.383 e. The van der Waals surface area contributed by atoms with E-state index in [0.717, 1.165) is 18.9 Å². The van der Waals surface area contributed by atoms with Crippen molar-refractivity contribution < 1.29 is 9.53 Å². The first-order chi connectivity index (χ1) is 9.50. The van der Waals surface area contributed by atoms with Gasteiger partial charge in [-0.25, -0.2) is 0 Å². The van der Waals surface area contributed by atoms with Gasteiger partial charge < -0.3 is 20.3 Å². The van der Waals surface area contributed by atoms with E-state index in [2.05, 4.69) is 36.6 Å². The van der Waals surface area contributed by atoms with Gasteiger partial charge in [-0.15, -0.1) is 0 Å². The van der Waals surface area contributed by atoms with E-state index in [1.54, 1.807) is 7.11 Å². The van der Waals surface area contributed by atoms with Crippen LogP contribution in [0.1, 0.15) is 32.6 Å². The second kappa shape index (κ2) is 8.60. The molecular formula is C15H31N3O2. The van der Waals surface area contributed by atoms with Gasteiger partial charge in [-0.05, 0) is 32.9 Å². The van der Waals surface area contributed by atoms with E-state index in [0.29, 0.717) is 19.7 Å². The Morgan fingerprint density at radius 1 is 1.45 bits per heavy atom. The summed E-state index contributed by atoms with van der Waals surface area (Å²) in [5.74, 6) is 0.809. The maximum absolute atomic E-state index is 11.9. The van der Waals surface area contributed by atoms with Crippen LogP contribution in [0.25, 0.3) is 0 Å². The zero-order valence-corrected chi connectivity index (χ0v) is 13.5. The normalized spacial score (nSPS) is 26.8. The van der Waals surface area contributed by atoms with Crippen LogP contribution in [-0.4, -0.2) is 63.8 Å². The van der Waals surface area contributed by atoms with Gasteiger partial charge in [0.25, 0.3) is 0 Å². The molecule has 0 heterocycles. The average Bonchev–Trinajstić information content (AvgIpc) is 2.41. The lowest BCUT2D eigenvalue weighted by molar-refractivity contribution is -0.121. The van der Waals surface area contributed by atoms with Crippen molar-refractivity contribution in [3.63, 3.8) is 0 Å². The summed E-state index contributed by atoms with van der Waals surface area (Å²) in [6.45, 7) is 4.76. The summed E-state index contributed by atoms with van der Waals surface area (Å²) in [6.07, 6.45) is 4.89. The van der Waals surface area contributed by atoms with Crippen molar-refractivity contribution in [1.29, 1.82) is 0 Å². The zero-order chi connectivity index (χ0) is 15.0. The highest BCUT2D eigenvalue weighted by atomic mass is 16.5. The Hall–Kier alpha value is -0.650. The number of likely N-dealkylation sites (N-methyl/N-ethyl adjacent to an activating group) is 1. The Morgan fingerprint density at radius 3 is 2.80 bits per heavy atom. The Balaban J connectivity index is 2.37. The maximum Gasteiger partial charge on any atom is 0.234 e. The predicted octanol–water partition coefficient (Wildman–Crippen LogP) is 0.849. The maximum atomic E-state index is 11.9. The average molecular weight is 285 g/mol. The highest BCUT2D eigenvalue weighted by Gasteiger charge is 2.36. The highest BCUT2D eigenvalue weighted by molar-refractivity contribution is 5.78. The van der Waals surface area contributed by atoms with E-state index in [1.165, 1.54) is 19.3 Å². The third kappa shape index (κ3) is 5.38. The zero-order valence-electron chi connectivity index (χ0n) is 13.5. The van der Waals surface area contributed by atoms with E-state index in [1.807, 2.05) is 0 Å². The number of ether oxygens (including phenoxy) is 1. The summed E-state index contributed by atoms with van der Waals surface area (Å²) in [4.78, 5) is 14.2. The monoisotopic (exact) mass is 285 g/mol. The molecule has 1 amide bonds. The summed E-state index contributed by atoms with van der Waals surface area (Å²) in [5.41, 5.74) is 0.125. The van der Waals surface area contributed by atoms with Crippen molar-refractivity contribution in [3.05, 3.63) is 0 Å². The van der Waals surface area contributed by atoms with Gasteiger partial charge in [0, 0.05) is 25.7 Å². The first-order valence-electron chi connectivity index (χ1n) is 7.64. The van der Waals surface area contributed by atoms with Gasteiger partial charge in [-0.3, -0.25) is 4.79 Å². The van der Waals surface area contributed by atoms with Crippen LogP contribution in [0.15, 0.2) is 0 Å².